The van der Waals surface area contributed by atoms with Gasteiger partial charge < -0.3 is 9.47 Å². The number of hydrogen-bond donors (Lipinski definition) is 0. The molecule has 6 aromatic rings. The van der Waals surface area contributed by atoms with Crippen molar-refractivity contribution < 1.29 is 14.3 Å². The molecule has 0 saturated carbocycles. The summed E-state index contributed by atoms with van der Waals surface area (Å²) in [5, 5.41) is 25.3. The van der Waals surface area contributed by atoms with Crippen LogP contribution in [0.2, 0.25) is 0 Å². The van der Waals surface area contributed by atoms with Crippen LogP contribution < -0.4 is 9.47 Å². The normalized spacial score (nSPS) is 11.0. The van der Waals surface area contributed by atoms with Gasteiger partial charge in [-0.1, -0.05) is 84.9 Å². The number of nitrogens with zero attached hydrogens (tertiary/aromatic N) is 5. The summed E-state index contributed by atoms with van der Waals surface area (Å²) < 4.78 is 12.6. The molecule has 0 unspecified atom stereocenters. The largest absolute Gasteiger partial charge is 0.493 e. The van der Waals surface area contributed by atoms with Crippen LogP contribution in [0.3, 0.4) is 0 Å². The Balaban J connectivity index is 1.45. The number of hydrogen-bond acceptors (Lipinski definition) is 7. The summed E-state index contributed by atoms with van der Waals surface area (Å²) in [6.07, 6.45) is 1.61. The fourth-order valence-corrected chi connectivity index (χ4v) is 4.79. The maximum atomic E-state index is 12.6. The molecule has 4 aromatic carbocycles. The van der Waals surface area contributed by atoms with Crippen LogP contribution >= 0.6 is 0 Å². The van der Waals surface area contributed by atoms with E-state index in [0.717, 1.165) is 16.8 Å². The third-order valence-electron chi connectivity index (χ3n) is 6.93. The van der Waals surface area contributed by atoms with E-state index in [4.69, 9.17) is 19.6 Å². The van der Waals surface area contributed by atoms with Gasteiger partial charge in [-0.3, -0.25) is 0 Å². The second-order valence-corrected chi connectivity index (χ2v) is 9.67. The van der Waals surface area contributed by atoms with Gasteiger partial charge in [0, 0.05) is 11.1 Å². The highest BCUT2D eigenvalue weighted by Gasteiger charge is 2.22. The van der Waals surface area contributed by atoms with Gasteiger partial charge in [-0.25, -0.2) is 14.3 Å². The van der Waals surface area contributed by atoms with E-state index in [1.165, 1.54) is 7.11 Å². The van der Waals surface area contributed by atoms with Crippen LogP contribution in [0.15, 0.2) is 115 Å². The van der Waals surface area contributed by atoms with Crippen LogP contribution in [-0.4, -0.2) is 27.7 Å². The molecule has 8 heteroatoms. The lowest BCUT2D eigenvalue weighted by atomic mass is 10.1. The van der Waals surface area contributed by atoms with Crippen molar-refractivity contribution in [2.75, 3.05) is 7.11 Å². The molecule has 0 saturated heterocycles. The van der Waals surface area contributed by atoms with Gasteiger partial charge in [-0.05, 0) is 42.0 Å². The summed E-state index contributed by atoms with van der Waals surface area (Å²) in [6.45, 7) is 0. The van der Waals surface area contributed by atoms with Gasteiger partial charge in [0.15, 0.2) is 17.1 Å². The topological polar surface area (TPSA) is 113 Å². The Kier molecular flexibility index (Phi) is 7.64. The van der Waals surface area contributed by atoms with Gasteiger partial charge in [0.05, 0.1) is 29.6 Å². The van der Waals surface area contributed by atoms with Crippen molar-refractivity contribution in [2.45, 2.75) is 0 Å². The first-order valence-electron chi connectivity index (χ1n) is 13.6. The standard InChI is InChI=1S/C36H23N5O3/c1-43-33-20-24(17-18-32(33)44-36(42)27-15-9-4-10-16-27)19-28(22-37)34-29(23-38)35-39-30(25-11-5-2-6-12-25)21-31(41(35)40-34)26-13-7-3-8-14-26/h2-21H,1H3. The molecule has 2 heterocycles. The Hall–Kier alpha value is -6.51. The molecule has 0 amide bonds. The molecule has 44 heavy (non-hydrogen) atoms. The van der Waals surface area contributed by atoms with E-state index in [1.54, 1.807) is 53.1 Å². The van der Waals surface area contributed by atoms with E-state index in [9.17, 15) is 15.3 Å². The van der Waals surface area contributed by atoms with Crippen LogP contribution in [0.5, 0.6) is 11.5 Å². The molecule has 8 nitrogen and oxygen atoms in total. The van der Waals surface area contributed by atoms with E-state index in [0.29, 0.717) is 28.2 Å². The van der Waals surface area contributed by atoms with Gasteiger partial charge in [0.2, 0.25) is 0 Å². The van der Waals surface area contributed by atoms with E-state index < -0.39 is 5.97 Å². The monoisotopic (exact) mass is 573 g/mol. The predicted octanol–water partition coefficient (Wildman–Crippen LogP) is 7.23. The maximum absolute atomic E-state index is 12.6. The van der Waals surface area contributed by atoms with Crippen molar-refractivity contribution in [3.8, 4) is 46.2 Å². The molecule has 0 radical (unpaired) electrons. The summed E-state index contributed by atoms with van der Waals surface area (Å²) in [6, 6.07) is 39.3. The molecule has 2 aromatic heterocycles. The minimum atomic E-state index is -0.523. The van der Waals surface area contributed by atoms with Crippen molar-refractivity contribution in [3.05, 3.63) is 138 Å². The first-order chi connectivity index (χ1) is 21.6. The molecule has 0 aliphatic heterocycles. The number of esters is 1. The Morgan fingerprint density at radius 3 is 2.11 bits per heavy atom. The Morgan fingerprint density at radius 2 is 1.48 bits per heavy atom. The Labute approximate surface area is 253 Å². The van der Waals surface area contributed by atoms with Crippen molar-refractivity contribution in [1.82, 2.24) is 14.6 Å². The lowest BCUT2D eigenvalue weighted by Crippen LogP contribution is -2.09. The maximum Gasteiger partial charge on any atom is 0.343 e. The number of aromatic nitrogens is 3. The Morgan fingerprint density at radius 1 is 0.818 bits per heavy atom. The highest BCUT2D eigenvalue weighted by molar-refractivity contribution is 5.93. The zero-order valence-electron chi connectivity index (χ0n) is 23.5. The molecule has 6 rings (SSSR count). The SMILES string of the molecule is COc1cc(C=C(C#N)c2nn3c(-c4ccccc4)cc(-c4ccccc4)nc3c2C#N)ccc1OC(=O)c1ccccc1. The van der Waals surface area contributed by atoms with Crippen LogP contribution in [0.25, 0.3) is 39.8 Å². The third-order valence-corrected chi connectivity index (χ3v) is 6.93. The fourth-order valence-electron chi connectivity index (χ4n) is 4.79. The van der Waals surface area contributed by atoms with Gasteiger partial charge in [0.25, 0.3) is 0 Å². The highest BCUT2D eigenvalue weighted by atomic mass is 16.6. The lowest BCUT2D eigenvalue weighted by molar-refractivity contribution is 0.0729. The molecule has 0 bridgehead atoms. The average molecular weight is 574 g/mol. The number of carbonyl (C=O) groups excluding carboxylic acids is 1. The van der Waals surface area contributed by atoms with E-state index in [2.05, 4.69) is 12.1 Å². The summed E-state index contributed by atoms with van der Waals surface area (Å²) in [4.78, 5) is 17.4. The third kappa shape index (κ3) is 5.39. The molecule has 0 aliphatic carbocycles. The first kappa shape index (κ1) is 27.6. The van der Waals surface area contributed by atoms with Crippen molar-refractivity contribution in [3.63, 3.8) is 0 Å². The van der Waals surface area contributed by atoms with Crippen molar-refractivity contribution in [1.29, 1.82) is 10.5 Å². The van der Waals surface area contributed by atoms with Crippen molar-refractivity contribution in [2.24, 2.45) is 0 Å². The molecule has 0 atom stereocenters. The number of ether oxygens (including phenoxy) is 2. The molecule has 0 N–H and O–H groups in total. The molecular formula is C36H23N5O3. The Bertz CT molecular complexity index is 2110. The lowest BCUT2D eigenvalue weighted by Gasteiger charge is -2.10. The smallest absolute Gasteiger partial charge is 0.343 e. The zero-order chi connectivity index (χ0) is 30.5. The zero-order valence-corrected chi connectivity index (χ0v) is 23.5. The van der Waals surface area contributed by atoms with Gasteiger partial charge >= 0.3 is 5.97 Å². The van der Waals surface area contributed by atoms with Crippen LogP contribution in [-0.2, 0) is 0 Å². The summed E-state index contributed by atoms with van der Waals surface area (Å²) >= 11 is 0. The van der Waals surface area contributed by atoms with Crippen LogP contribution in [0.1, 0.15) is 27.2 Å². The number of methoxy groups -OCH3 is 1. The first-order valence-corrected chi connectivity index (χ1v) is 13.6. The molecule has 0 spiro atoms. The van der Waals surface area contributed by atoms with Crippen LogP contribution in [0.4, 0.5) is 0 Å². The number of fused-ring (bicyclic) bond motifs is 1. The second kappa shape index (κ2) is 12.2. The minimum Gasteiger partial charge on any atom is -0.493 e. The summed E-state index contributed by atoms with van der Waals surface area (Å²) in [5.74, 6) is 0.00817. The van der Waals surface area contributed by atoms with Gasteiger partial charge in [-0.2, -0.15) is 15.6 Å². The number of rotatable bonds is 7. The average Bonchev–Trinajstić information content (AvgIpc) is 3.46. The molecule has 210 valence electrons. The quantitative estimate of drug-likeness (QED) is 0.112. The number of allylic oxidation sites excluding steroid dienone is 1. The van der Waals surface area contributed by atoms with Gasteiger partial charge in [-0.15, -0.1) is 0 Å². The molecule has 0 fully saturated rings. The summed E-state index contributed by atoms with van der Waals surface area (Å²) in [5.41, 5.74) is 5.01. The number of nitriles is 2. The second-order valence-electron chi connectivity index (χ2n) is 9.67. The highest BCUT2D eigenvalue weighted by Crippen LogP contribution is 2.33. The fraction of sp³-hybridized carbons (Fsp3) is 0.0278. The number of carbonyl (C=O) groups is 1. The summed E-state index contributed by atoms with van der Waals surface area (Å²) in [7, 11) is 1.46. The van der Waals surface area contributed by atoms with E-state index in [-0.39, 0.29) is 22.6 Å². The van der Waals surface area contributed by atoms with Crippen LogP contribution in [0, 0.1) is 22.7 Å². The van der Waals surface area contributed by atoms with Gasteiger partial charge in [0.1, 0.15) is 23.4 Å². The van der Waals surface area contributed by atoms with E-state index in [1.807, 2.05) is 72.8 Å². The van der Waals surface area contributed by atoms with E-state index >= 15 is 0 Å². The molecule has 0 aliphatic rings. The van der Waals surface area contributed by atoms with Crippen molar-refractivity contribution >= 4 is 23.3 Å². The minimum absolute atomic E-state index is 0.156. The molecular weight excluding hydrogens is 550 g/mol. The predicted molar refractivity (Wildman–Crippen MR) is 166 cm³/mol. The number of benzene rings is 4.